The fraction of sp³-hybridized carbons (Fsp3) is 0.0870. The van der Waals surface area contributed by atoms with Crippen molar-refractivity contribution < 1.29 is 9.21 Å². The highest BCUT2D eigenvalue weighted by Gasteiger charge is 2.44. The predicted molar refractivity (Wildman–Crippen MR) is 117 cm³/mol. The lowest BCUT2D eigenvalue weighted by molar-refractivity contribution is 0.0970. The molecule has 5 rings (SSSR count). The van der Waals surface area contributed by atoms with Crippen LogP contribution in [0.15, 0.2) is 70.0 Å². The Bertz CT molecular complexity index is 1360. The lowest BCUT2D eigenvalue weighted by Crippen LogP contribution is -2.30. The molecular weight excluding hydrogens is 423 g/mol. The molecule has 1 aliphatic heterocycles. The van der Waals surface area contributed by atoms with E-state index in [1.54, 1.807) is 30.3 Å². The summed E-state index contributed by atoms with van der Waals surface area (Å²) in [5.74, 6) is -0.0423. The second kappa shape index (κ2) is 6.97. The fourth-order valence-electron chi connectivity index (χ4n) is 3.76. The van der Waals surface area contributed by atoms with E-state index in [1.165, 1.54) is 11.1 Å². The summed E-state index contributed by atoms with van der Waals surface area (Å²) in [5, 5.41) is 1.20. The SMILES string of the molecule is Cc1ccc(C2c3c(oc4ccc(Cl)cc4c3=O)C(=O)N2c2ccc(Cl)cn2)cc1. The number of halogens is 2. The Hall–Kier alpha value is -3.15. The van der Waals surface area contributed by atoms with Gasteiger partial charge in [-0.25, -0.2) is 4.98 Å². The van der Waals surface area contributed by atoms with Crippen LogP contribution in [0.3, 0.4) is 0 Å². The second-order valence-electron chi connectivity index (χ2n) is 7.14. The number of rotatable bonds is 2. The van der Waals surface area contributed by atoms with Gasteiger partial charge in [-0.3, -0.25) is 14.5 Å². The Morgan fingerprint density at radius 3 is 2.40 bits per heavy atom. The van der Waals surface area contributed by atoms with Crippen LogP contribution in [0.25, 0.3) is 11.0 Å². The lowest BCUT2D eigenvalue weighted by Gasteiger charge is -2.24. The molecule has 4 aromatic rings. The van der Waals surface area contributed by atoms with E-state index in [-0.39, 0.29) is 16.8 Å². The van der Waals surface area contributed by atoms with Gasteiger partial charge in [-0.1, -0.05) is 53.0 Å². The molecule has 3 heterocycles. The standard InChI is InChI=1S/C23H14Cl2N2O3/c1-12-2-4-13(5-3-12)20-19-21(28)16-10-14(24)6-8-17(16)30-22(19)23(29)27(20)18-9-7-15(25)11-26-18/h2-11,20H,1H3. The van der Waals surface area contributed by atoms with Gasteiger partial charge in [0.15, 0.2) is 5.43 Å². The molecule has 7 heteroatoms. The topological polar surface area (TPSA) is 63.4 Å². The zero-order valence-corrected chi connectivity index (χ0v) is 17.2. The molecule has 0 saturated heterocycles. The van der Waals surface area contributed by atoms with Crippen LogP contribution in [0, 0.1) is 6.92 Å². The molecule has 30 heavy (non-hydrogen) atoms. The van der Waals surface area contributed by atoms with Gasteiger partial charge in [0.25, 0.3) is 5.91 Å². The van der Waals surface area contributed by atoms with Gasteiger partial charge in [0.2, 0.25) is 5.76 Å². The number of carbonyl (C=O) groups is 1. The lowest BCUT2D eigenvalue weighted by atomic mass is 9.97. The maximum Gasteiger partial charge on any atom is 0.296 e. The first-order valence-electron chi connectivity index (χ1n) is 9.22. The van der Waals surface area contributed by atoms with Gasteiger partial charge in [0.1, 0.15) is 11.4 Å². The number of nitrogens with zero attached hydrogens (tertiary/aromatic N) is 2. The van der Waals surface area contributed by atoms with Gasteiger partial charge in [0, 0.05) is 11.2 Å². The molecular formula is C23H14Cl2N2O3. The van der Waals surface area contributed by atoms with Crippen molar-refractivity contribution in [1.82, 2.24) is 4.98 Å². The highest BCUT2D eigenvalue weighted by Crippen LogP contribution is 2.40. The molecule has 148 valence electrons. The predicted octanol–water partition coefficient (Wildman–Crippen LogP) is 5.55. The van der Waals surface area contributed by atoms with E-state index in [9.17, 15) is 9.59 Å². The quantitative estimate of drug-likeness (QED) is 0.412. The average molecular weight is 437 g/mol. The number of hydrogen-bond acceptors (Lipinski definition) is 4. The van der Waals surface area contributed by atoms with E-state index >= 15 is 0 Å². The van der Waals surface area contributed by atoms with Gasteiger partial charge < -0.3 is 4.42 Å². The number of fused-ring (bicyclic) bond motifs is 2. The van der Waals surface area contributed by atoms with Crippen LogP contribution in [0.1, 0.15) is 33.3 Å². The highest BCUT2D eigenvalue weighted by molar-refractivity contribution is 6.31. The normalized spacial score (nSPS) is 15.6. The smallest absolute Gasteiger partial charge is 0.296 e. The van der Waals surface area contributed by atoms with E-state index in [0.29, 0.717) is 26.8 Å². The summed E-state index contributed by atoms with van der Waals surface area (Å²) >= 11 is 12.1. The van der Waals surface area contributed by atoms with Crippen LogP contribution in [-0.4, -0.2) is 10.9 Å². The molecule has 1 aliphatic rings. The van der Waals surface area contributed by atoms with Gasteiger partial charge in [0.05, 0.1) is 22.0 Å². The van der Waals surface area contributed by atoms with Crippen LogP contribution in [0.4, 0.5) is 5.82 Å². The van der Waals surface area contributed by atoms with Crippen molar-refractivity contribution >= 4 is 45.9 Å². The molecule has 0 N–H and O–H groups in total. The zero-order chi connectivity index (χ0) is 21.0. The third kappa shape index (κ3) is 2.90. The average Bonchev–Trinajstić information content (AvgIpc) is 3.03. The molecule has 5 nitrogen and oxygen atoms in total. The number of benzene rings is 2. The number of aromatic nitrogens is 1. The summed E-state index contributed by atoms with van der Waals surface area (Å²) in [6.07, 6.45) is 1.46. The minimum atomic E-state index is -0.679. The number of pyridine rings is 1. The van der Waals surface area contributed by atoms with Gasteiger partial charge >= 0.3 is 0 Å². The van der Waals surface area contributed by atoms with Crippen LogP contribution < -0.4 is 10.3 Å². The summed E-state index contributed by atoms with van der Waals surface area (Å²) in [7, 11) is 0. The summed E-state index contributed by atoms with van der Waals surface area (Å²) < 4.78 is 5.90. The van der Waals surface area contributed by atoms with E-state index in [2.05, 4.69) is 4.98 Å². The van der Waals surface area contributed by atoms with Crippen LogP contribution >= 0.6 is 23.2 Å². The Morgan fingerprint density at radius 1 is 0.967 bits per heavy atom. The van der Waals surface area contributed by atoms with E-state index in [0.717, 1.165) is 11.1 Å². The molecule has 1 atom stereocenters. The molecule has 1 amide bonds. The molecule has 0 aliphatic carbocycles. The summed E-state index contributed by atoms with van der Waals surface area (Å²) in [6.45, 7) is 1.97. The Balaban J connectivity index is 1.81. The van der Waals surface area contributed by atoms with Crippen molar-refractivity contribution in [3.05, 3.63) is 104 Å². The van der Waals surface area contributed by atoms with Crippen molar-refractivity contribution in [1.29, 1.82) is 0 Å². The molecule has 0 saturated carbocycles. The van der Waals surface area contributed by atoms with Crippen LogP contribution in [-0.2, 0) is 0 Å². The number of carbonyl (C=O) groups excluding carboxylic acids is 1. The van der Waals surface area contributed by atoms with Crippen molar-refractivity contribution in [2.45, 2.75) is 13.0 Å². The molecule has 0 spiro atoms. The molecule has 0 fully saturated rings. The highest BCUT2D eigenvalue weighted by atomic mass is 35.5. The first-order chi connectivity index (χ1) is 14.4. The minimum absolute atomic E-state index is 0.0112. The Kier molecular flexibility index (Phi) is 4.38. The maximum absolute atomic E-state index is 13.5. The molecule has 0 radical (unpaired) electrons. The van der Waals surface area contributed by atoms with Crippen molar-refractivity contribution in [3.63, 3.8) is 0 Å². The van der Waals surface area contributed by atoms with E-state index in [4.69, 9.17) is 27.6 Å². The monoisotopic (exact) mass is 436 g/mol. The summed E-state index contributed by atoms with van der Waals surface area (Å²) in [4.78, 5) is 32.6. The Labute approximate surface area is 181 Å². The van der Waals surface area contributed by atoms with Gasteiger partial charge in [-0.15, -0.1) is 0 Å². The van der Waals surface area contributed by atoms with Crippen molar-refractivity contribution in [2.24, 2.45) is 0 Å². The molecule has 1 unspecified atom stereocenters. The third-order valence-electron chi connectivity index (χ3n) is 5.18. The third-order valence-corrected chi connectivity index (χ3v) is 5.64. The van der Waals surface area contributed by atoms with Crippen molar-refractivity contribution in [3.8, 4) is 0 Å². The number of aryl methyl sites for hydroxylation is 1. The van der Waals surface area contributed by atoms with Crippen molar-refractivity contribution in [2.75, 3.05) is 4.90 Å². The largest absolute Gasteiger partial charge is 0.450 e. The molecule has 0 bridgehead atoms. The number of anilines is 1. The number of hydrogen-bond donors (Lipinski definition) is 0. The number of amides is 1. The van der Waals surface area contributed by atoms with E-state index in [1.807, 2.05) is 31.2 Å². The summed E-state index contributed by atoms with van der Waals surface area (Å²) in [5.41, 5.74) is 2.14. The van der Waals surface area contributed by atoms with Gasteiger partial charge in [-0.2, -0.15) is 0 Å². The summed E-state index contributed by atoms with van der Waals surface area (Å²) in [6, 6.07) is 15.1. The first-order valence-corrected chi connectivity index (χ1v) is 9.97. The van der Waals surface area contributed by atoms with Crippen LogP contribution in [0.5, 0.6) is 0 Å². The van der Waals surface area contributed by atoms with Gasteiger partial charge in [-0.05, 0) is 42.8 Å². The van der Waals surface area contributed by atoms with Crippen LogP contribution in [0.2, 0.25) is 10.0 Å². The van der Waals surface area contributed by atoms with E-state index < -0.39 is 11.9 Å². The minimum Gasteiger partial charge on any atom is -0.450 e. The second-order valence-corrected chi connectivity index (χ2v) is 8.01. The molecule has 2 aromatic carbocycles. The Morgan fingerprint density at radius 2 is 1.70 bits per heavy atom. The zero-order valence-electron chi connectivity index (χ0n) is 15.7. The fourth-order valence-corrected chi connectivity index (χ4v) is 4.04. The maximum atomic E-state index is 13.5. The first kappa shape index (κ1) is 18.9. The molecule has 2 aromatic heterocycles.